The van der Waals surface area contributed by atoms with Crippen molar-refractivity contribution in [3.63, 3.8) is 0 Å². The Kier molecular flexibility index (Phi) is 3.14. The molecule has 0 aliphatic heterocycles. The van der Waals surface area contributed by atoms with Gasteiger partial charge in [-0.15, -0.1) is 0 Å². The molecule has 0 amide bonds. The van der Waals surface area contributed by atoms with E-state index in [-0.39, 0.29) is 0 Å². The van der Waals surface area contributed by atoms with Gasteiger partial charge in [-0.2, -0.15) is 16.6 Å². The topological polar surface area (TPSA) is 53.1 Å². The van der Waals surface area contributed by atoms with E-state index in [1.807, 2.05) is 12.1 Å². The molecule has 96 valence electrons. The lowest BCUT2D eigenvalue weighted by Gasteiger charge is -2.26. The van der Waals surface area contributed by atoms with E-state index in [9.17, 15) is 0 Å². The van der Waals surface area contributed by atoms with Gasteiger partial charge in [0, 0.05) is 12.6 Å². The summed E-state index contributed by atoms with van der Waals surface area (Å²) in [5.74, 6) is 0. The van der Waals surface area contributed by atoms with Gasteiger partial charge in [-0.05, 0) is 53.4 Å². The Morgan fingerprint density at radius 3 is 2.84 bits per heavy atom. The van der Waals surface area contributed by atoms with Gasteiger partial charge >= 0.3 is 0 Å². The molecule has 0 atom stereocenters. The van der Waals surface area contributed by atoms with Crippen LogP contribution in [0.2, 0.25) is 0 Å². The number of nitrogen functional groups attached to an aromatic ring is 1. The van der Waals surface area contributed by atoms with Crippen LogP contribution in [0.5, 0.6) is 0 Å². The minimum atomic E-state index is 0.566. The van der Waals surface area contributed by atoms with Crippen molar-refractivity contribution >= 4 is 22.7 Å². The van der Waals surface area contributed by atoms with E-state index in [0.29, 0.717) is 11.6 Å². The first-order chi connectivity index (χ1) is 9.28. The minimum Gasteiger partial charge on any atom is -0.397 e. The Hall–Kier alpha value is -1.99. The van der Waals surface area contributed by atoms with Crippen LogP contribution in [0.25, 0.3) is 0 Å². The van der Waals surface area contributed by atoms with Gasteiger partial charge in [0.2, 0.25) is 0 Å². The second-order valence-electron chi connectivity index (χ2n) is 4.88. The summed E-state index contributed by atoms with van der Waals surface area (Å²) in [6, 6.07) is 10.4. The van der Waals surface area contributed by atoms with E-state index in [1.165, 1.54) is 18.4 Å². The van der Waals surface area contributed by atoms with E-state index < -0.39 is 0 Å². The maximum Gasteiger partial charge on any atom is 0.0992 e. The molecule has 4 heteroatoms. The number of nitrogens with zero attached hydrogens (tertiary/aromatic N) is 2. The van der Waals surface area contributed by atoms with Crippen molar-refractivity contribution in [2.24, 2.45) is 0 Å². The lowest BCUT2D eigenvalue weighted by molar-refractivity contribution is 0.798. The third-order valence-corrected chi connectivity index (χ3v) is 4.12. The van der Waals surface area contributed by atoms with Crippen LogP contribution >= 0.6 is 11.3 Å². The van der Waals surface area contributed by atoms with Crippen molar-refractivity contribution in [3.05, 3.63) is 46.2 Å². The summed E-state index contributed by atoms with van der Waals surface area (Å²) in [5, 5.41) is 13.3. The van der Waals surface area contributed by atoms with Crippen LogP contribution in [-0.4, -0.2) is 6.04 Å². The van der Waals surface area contributed by atoms with Crippen molar-refractivity contribution in [1.29, 1.82) is 5.26 Å². The fourth-order valence-corrected chi connectivity index (χ4v) is 2.90. The lowest BCUT2D eigenvalue weighted by atomic mass is 10.1. The van der Waals surface area contributed by atoms with Gasteiger partial charge in [0.1, 0.15) is 0 Å². The third-order valence-electron chi connectivity index (χ3n) is 3.39. The third kappa shape index (κ3) is 2.56. The van der Waals surface area contributed by atoms with E-state index in [1.54, 1.807) is 17.4 Å². The molecular formula is C15H15N3S. The summed E-state index contributed by atoms with van der Waals surface area (Å²) in [6.45, 7) is 0.868. The number of hydrogen-bond acceptors (Lipinski definition) is 4. The molecule has 0 spiro atoms. The molecule has 1 fully saturated rings. The highest BCUT2D eigenvalue weighted by molar-refractivity contribution is 7.07. The molecule has 1 aromatic heterocycles. The molecule has 1 aliphatic rings. The van der Waals surface area contributed by atoms with E-state index in [0.717, 1.165) is 17.9 Å². The Morgan fingerprint density at radius 2 is 2.21 bits per heavy atom. The SMILES string of the molecule is N#Cc1ccc(N)c(N(Cc2ccsc2)C2CC2)c1. The smallest absolute Gasteiger partial charge is 0.0992 e. The molecule has 3 nitrogen and oxygen atoms in total. The molecule has 2 aromatic rings. The van der Waals surface area contributed by atoms with Gasteiger partial charge in [-0.3, -0.25) is 0 Å². The van der Waals surface area contributed by atoms with Crippen LogP contribution < -0.4 is 10.6 Å². The summed E-state index contributed by atoms with van der Waals surface area (Å²) in [6.07, 6.45) is 2.42. The van der Waals surface area contributed by atoms with Crippen molar-refractivity contribution in [3.8, 4) is 6.07 Å². The zero-order valence-corrected chi connectivity index (χ0v) is 11.4. The first-order valence-electron chi connectivity index (χ1n) is 6.35. The molecule has 0 bridgehead atoms. The summed E-state index contributed by atoms with van der Waals surface area (Å²) in [4.78, 5) is 2.33. The number of hydrogen-bond donors (Lipinski definition) is 1. The summed E-state index contributed by atoms with van der Waals surface area (Å²) in [5.41, 5.74) is 9.81. The van der Waals surface area contributed by atoms with Gasteiger partial charge in [0.15, 0.2) is 0 Å². The predicted octanol–water partition coefficient (Wildman–Crippen LogP) is 3.37. The highest BCUT2D eigenvalue weighted by atomic mass is 32.1. The Bertz CT molecular complexity index is 609. The van der Waals surface area contributed by atoms with E-state index >= 15 is 0 Å². The van der Waals surface area contributed by atoms with Gasteiger partial charge < -0.3 is 10.6 Å². The fraction of sp³-hybridized carbons (Fsp3) is 0.267. The average molecular weight is 269 g/mol. The van der Waals surface area contributed by atoms with E-state index in [4.69, 9.17) is 11.0 Å². The van der Waals surface area contributed by atoms with Gasteiger partial charge in [0.05, 0.1) is 23.0 Å². The molecular weight excluding hydrogens is 254 g/mol. The molecule has 1 saturated carbocycles. The van der Waals surface area contributed by atoms with Crippen molar-refractivity contribution in [1.82, 2.24) is 0 Å². The Morgan fingerprint density at radius 1 is 1.37 bits per heavy atom. The second kappa shape index (κ2) is 4.94. The maximum atomic E-state index is 9.04. The predicted molar refractivity (Wildman–Crippen MR) is 79.1 cm³/mol. The van der Waals surface area contributed by atoms with Crippen molar-refractivity contribution in [2.75, 3.05) is 10.6 Å². The van der Waals surface area contributed by atoms with Crippen LogP contribution in [0.3, 0.4) is 0 Å². The number of anilines is 2. The molecule has 3 rings (SSSR count). The van der Waals surface area contributed by atoms with Crippen LogP contribution in [0.4, 0.5) is 11.4 Å². The molecule has 19 heavy (non-hydrogen) atoms. The van der Waals surface area contributed by atoms with Crippen LogP contribution in [0.15, 0.2) is 35.0 Å². The molecule has 1 heterocycles. The van der Waals surface area contributed by atoms with Crippen LogP contribution in [0, 0.1) is 11.3 Å². The first kappa shape index (κ1) is 12.1. The molecule has 0 unspecified atom stereocenters. The zero-order chi connectivity index (χ0) is 13.2. The van der Waals surface area contributed by atoms with Crippen molar-refractivity contribution < 1.29 is 0 Å². The summed E-state index contributed by atoms with van der Waals surface area (Å²) in [7, 11) is 0. The number of rotatable bonds is 4. The first-order valence-corrected chi connectivity index (χ1v) is 7.29. The Labute approximate surface area is 116 Å². The van der Waals surface area contributed by atoms with Gasteiger partial charge in [-0.1, -0.05) is 0 Å². The molecule has 0 saturated heterocycles. The second-order valence-corrected chi connectivity index (χ2v) is 5.66. The highest BCUT2D eigenvalue weighted by Crippen LogP contribution is 2.36. The Balaban J connectivity index is 1.94. The number of nitriles is 1. The highest BCUT2D eigenvalue weighted by Gasteiger charge is 2.30. The average Bonchev–Trinajstić information content (AvgIpc) is 3.14. The number of thiophene rings is 1. The largest absolute Gasteiger partial charge is 0.397 e. The monoisotopic (exact) mass is 269 g/mol. The number of benzene rings is 1. The van der Waals surface area contributed by atoms with Gasteiger partial charge in [-0.25, -0.2) is 0 Å². The number of nitrogens with two attached hydrogens (primary N) is 1. The standard InChI is InChI=1S/C15H15N3S/c16-8-11-1-4-14(17)15(7-11)18(13-2-3-13)9-12-5-6-19-10-12/h1,4-7,10,13H,2-3,9,17H2. The molecule has 1 aliphatic carbocycles. The van der Waals surface area contributed by atoms with Crippen molar-refractivity contribution in [2.45, 2.75) is 25.4 Å². The molecule has 2 N–H and O–H groups in total. The minimum absolute atomic E-state index is 0.566. The van der Waals surface area contributed by atoms with E-state index in [2.05, 4.69) is 27.8 Å². The summed E-state index contributed by atoms with van der Waals surface area (Å²) < 4.78 is 0. The molecule has 0 radical (unpaired) electrons. The van der Waals surface area contributed by atoms with Gasteiger partial charge in [0.25, 0.3) is 0 Å². The summed E-state index contributed by atoms with van der Waals surface area (Å²) >= 11 is 1.71. The van der Waals surface area contributed by atoms with Crippen LogP contribution in [0.1, 0.15) is 24.0 Å². The fourth-order valence-electron chi connectivity index (χ4n) is 2.24. The maximum absolute atomic E-state index is 9.04. The quantitative estimate of drug-likeness (QED) is 0.866. The normalized spacial score (nSPS) is 14.1. The van der Waals surface area contributed by atoms with Crippen LogP contribution in [-0.2, 0) is 6.54 Å². The lowest BCUT2D eigenvalue weighted by Crippen LogP contribution is -2.25. The molecule has 1 aromatic carbocycles. The zero-order valence-electron chi connectivity index (χ0n) is 10.5.